The Morgan fingerprint density at radius 1 is 1.08 bits per heavy atom. The number of piperidine rings is 1. The zero-order chi connectivity index (χ0) is 28.2. The molecule has 206 valence electrons. The van der Waals surface area contributed by atoms with Gasteiger partial charge in [-0.3, -0.25) is 9.59 Å². The quantitative estimate of drug-likeness (QED) is 0.316. The maximum Gasteiger partial charge on any atom is 0.410 e. The molecule has 0 bridgehead atoms. The van der Waals surface area contributed by atoms with E-state index in [1.54, 1.807) is 4.90 Å². The molecule has 1 aromatic heterocycles. The third-order valence-corrected chi connectivity index (χ3v) is 7.82. The van der Waals surface area contributed by atoms with Gasteiger partial charge in [0.2, 0.25) is 0 Å². The number of carbonyl (C=O) groups excluding carboxylic acids is 3. The lowest BCUT2D eigenvalue weighted by Crippen LogP contribution is -2.44. The number of anilines is 1. The Kier molecular flexibility index (Phi) is 8.75. The number of aldehydes is 1. The van der Waals surface area contributed by atoms with Crippen molar-refractivity contribution in [3.05, 3.63) is 76.2 Å². The topological polar surface area (TPSA) is 87.7 Å². The lowest BCUT2D eigenvalue weighted by atomic mass is 10.0. The maximum absolute atomic E-state index is 13.3. The van der Waals surface area contributed by atoms with E-state index in [-0.39, 0.29) is 24.1 Å². The van der Waals surface area contributed by atoms with Gasteiger partial charge >= 0.3 is 6.09 Å². The molecule has 7 nitrogen and oxygen atoms in total. The number of ether oxygens (including phenoxy) is 1. The fourth-order valence-corrected chi connectivity index (χ4v) is 5.43. The molecule has 8 heteroatoms. The van der Waals surface area contributed by atoms with E-state index in [0.717, 1.165) is 46.4 Å². The van der Waals surface area contributed by atoms with E-state index in [0.29, 0.717) is 23.5 Å². The summed E-state index contributed by atoms with van der Waals surface area (Å²) in [5, 5.41) is 6.68. The summed E-state index contributed by atoms with van der Waals surface area (Å²) in [4.78, 5) is 40.2. The van der Waals surface area contributed by atoms with Crippen molar-refractivity contribution < 1.29 is 19.1 Å². The van der Waals surface area contributed by atoms with E-state index >= 15 is 0 Å². The predicted molar refractivity (Wildman–Crippen MR) is 157 cm³/mol. The minimum absolute atomic E-state index is 0.131. The number of rotatable bonds is 7. The summed E-state index contributed by atoms with van der Waals surface area (Å²) in [6.45, 7) is 10.8. The van der Waals surface area contributed by atoms with Gasteiger partial charge in [-0.2, -0.15) is 0 Å². The number of nitrogens with zero attached hydrogens (tertiary/aromatic N) is 1. The number of amides is 2. The van der Waals surface area contributed by atoms with Crippen molar-refractivity contribution in [1.29, 1.82) is 0 Å². The molecular weight excluding hydrogens is 510 g/mol. The molecule has 2 N–H and O–H groups in total. The zero-order valence-electron chi connectivity index (χ0n) is 23.2. The summed E-state index contributed by atoms with van der Waals surface area (Å²) in [7, 11) is 0. The molecule has 4 rings (SSSR count). The first-order valence-electron chi connectivity index (χ1n) is 13.3. The van der Waals surface area contributed by atoms with Crippen LogP contribution in [0.25, 0.3) is 10.4 Å². The number of benzene rings is 2. The predicted octanol–water partition coefficient (Wildman–Crippen LogP) is 6.84. The standard InChI is InChI=1S/C31H37N3O4S/c1-20-9-10-25(33-24-13-15-34(16-14-24)30(37)38-31(3,4)5)18-27(20)29(36)32-21(2)22-7-6-8-23(17-22)28-12-11-26(19-35)39-28/h6-12,17-19,21,24,33H,13-16H2,1-5H3,(H,32,36). The third kappa shape index (κ3) is 7.47. The fraction of sp³-hybridized carbons (Fsp3) is 0.387. The second kappa shape index (κ2) is 12.0. The van der Waals surface area contributed by atoms with Crippen molar-refractivity contribution in [2.75, 3.05) is 18.4 Å². The number of thiophene rings is 1. The van der Waals surface area contributed by atoms with Crippen molar-refractivity contribution in [2.45, 2.75) is 65.1 Å². The molecule has 2 amide bonds. The molecule has 39 heavy (non-hydrogen) atoms. The Morgan fingerprint density at radius 2 is 1.82 bits per heavy atom. The normalized spacial score (nSPS) is 14.9. The number of carbonyl (C=O) groups is 3. The van der Waals surface area contributed by atoms with Gasteiger partial charge in [0.15, 0.2) is 6.29 Å². The highest BCUT2D eigenvalue weighted by atomic mass is 32.1. The van der Waals surface area contributed by atoms with E-state index in [1.165, 1.54) is 11.3 Å². The van der Waals surface area contributed by atoms with Crippen LogP contribution >= 0.6 is 11.3 Å². The number of likely N-dealkylation sites (tertiary alicyclic amines) is 1. The highest BCUT2D eigenvalue weighted by Crippen LogP contribution is 2.29. The minimum atomic E-state index is -0.503. The highest BCUT2D eigenvalue weighted by Gasteiger charge is 2.27. The molecule has 2 heterocycles. The van der Waals surface area contributed by atoms with Crippen LogP contribution in [0.15, 0.2) is 54.6 Å². The smallest absolute Gasteiger partial charge is 0.410 e. The van der Waals surface area contributed by atoms with Crippen molar-refractivity contribution in [2.24, 2.45) is 0 Å². The first-order valence-corrected chi connectivity index (χ1v) is 14.2. The lowest BCUT2D eigenvalue weighted by Gasteiger charge is -2.34. The Hall–Kier alpha value is -3.65. The van der Waals surface area contributed by atoms with Gasteiger partial charge in [-0.05, 0) is 94.5 Å². The van der Waals surface area contributed by atoms with Crippen LogP contribution in [0.4, 0.5) is 10.5 Å². The summed E-state index contributed by atoms with van der Waals surface area (Å²) in [6.07, 6.45) is 2.20. The van der Waals surface area contributed by atoms with Crippen molar-refractivity contribution in [1.82, 2.24) is 10.2 Å². The molecule has 0 spiro atoms. The van der Waals surface area contributed by atoms with E-state index in [9.17, 15) is 14.4 Å². The van der Waals surface area contributed by atoms with Gasteiger partial charge in [0, 0.05) is 35.3 Å². The van der Waals surface area contributed by atoms with Gasteiger partial charge in [0.25, 0.3) is 5.91 Å². The summed E-state index contributed by atoms with van der Waals surface area (Å²) < 4.78 is 5.49. The van der Waals surface area contributed by atoms with Gasteiger partial charge in [-0.25, -0.2) is 4.79 Å². The first kappa shape index (κ1) is 28.4. The van der Waals surface area contributed by atoms with Crippen LogP contribution < -0.4 is 10.6 Å². The van der Waals surface area contributed by atoms with Crippen LogP contribution in [0.3, 0.4) is 0 Å². The molecule has 0 saturated carbocycles. The number of hydrogen-bond donors (Lipinski definition) is 2. The van der Waals surface area contributed by atoms with Gasteiger partial charge in [-0.15, -0.1) is 11.3 Å². The van der Waals surface area contributed by atoms with E-state index in [4.69, 9.17) is 4.74 Å². The van der Waals surface area contributed by atoms with E-state index in [1.807, 2.05) is 83.1 Å². The van der Waals surface area contributed by atoms with Crippen LogP contribution in [0, 0.1) is 6.92 Å². The summed E-state index contributed by atoms with van der Waals surface area (Å²) in [5.74, 6) is -0.131. The molecule has 1 unspecified atom stereocenters. The number of hydrogen-bond acceptors (Lipinski definition) is 6. The molecule has 1 aliphatic heterocycles. The first-order chi connectivity index (χ1) is 18.5. The zero-order valence-corrected chi connectivity index (χ0v) is 24.1. The van der Waals surface area contributed by atoms with Crippen LogP contribution in [0.5, 0.6) is 0 Å². The lowest BCUT2D eigenvalue weighted by molar-refractivity contribution is 0.0210. The Bertz CT molecular complexity index is 1340. The monoisotopic (exact) mass is 547 g/mol. The average molecular weight is 548 g/mol. The van der Waals surface area contributed by atoms with E-state index in [2.05, 4.69) is 16.7 Å². The van der Waals surface area contributed by atoms with Crippen molar-refractivity contribution in [3.63, 3.8) is 0 Å². The van der Waals surface area contributed by atoms with Crippen LogP contribution in [-0.4, -0.2) is 47.9 Å². The molecular formula is C31H37N3O4S. The molecule has 1 fully saturated rings. The molecule has 0 radical (unpaired) electrons. The van der Waals surface area contributed by atoms with E-state index < -0.39 is 5.60 Å². The third-order valence-electron chi connectivity index (χ3n) is 6.76. The number of nitrogens with one attached hydrogen (secondary N) is 2. The molecule has 2 aromatic carbocycles. The Labute approximate surface area is 234 Å². The Balaban J connectivity index is 1.37. The maximum atomic E-state index is 13.3. The Morgan fingerprint density at radius 3 is 2.49 bits per heavy atom. The van der Waals surface area contributed by atoms with Crippen molar-refractivity contribution in [3.8, 4) is 10.4 Å². The van der Waals surface area contributed by atoms with Gasteiger partial charge < -0.3 is 20.3 Å². The summed E-state index contributed by atoms with van der Waals surface area (Å²) >= 11 is 1.45. The molecule has 0 aliphatic carbocycles. The molecule has 1 aliphatic rings. The highest BCUT2D eigenvalue weighted by molar-refractivity contribution is 7.17. The largest absolute Gasteiger partial charge is 0.444 e. The average Bonchev–Trinajstić information content (AvgIpc) is 3.39. The van der Waals surface area contributed by atoms with Crippen LogP contribution in [-0.2, 0) is 4.74 Å². The minimum Gasteiger partial charge on any atom is -0.444 e. The van der Waals surface area contributed by atoms with Crippen molar-refractivity contribution >= 4 is 35.3 Å². The SMILES string of the molecule is Cc1ccc(NC2CCN(C(=O)OC(C)(C)C)CC2)cc1C(=O)NC(C)c1cccc(-c2ccc(C=O)s2)c1. The van der Waals surface area contributed by atoms with Gasteiger partial charge in [-0.1, -0.05) is 24.3 Å². The van der Waals surface area contributed by atoms with Gasteiger partial charge in [0.1, 0.15) is 5.60 Å². The molecule has 3 aromatic rings. The molecule has 1 saturated heterocycles. The second-order valence-electron chi connectivity index (χ2n) is 11.1. The molecule has 1 atom stereocenters. The summed E-state index contributed by atoms with van der Waals surface area (Å²) in [5.41, 5.74) is 3.93. The second-order valence-corrected chi connectivity index (χ2v) is 12.2. The van der Waals surface area contributed by atoms with Gasteiger partial charge in [0.05, 0.1) is 10.9 Å². The summed E-state index contributed by atoms with van der Waals surface area (Å²) in [6, 6.07) is 17.7. The van der Waals surface area contributed by atoms with Crippen LogP contribution in [0.2, 0.25) is 0 Å². The number of aryl methyl sites for hydroxylation is 1. The van der Waals surface area contributed by atoms with Crippen LogP contribution in [0.1, 0.15) is 77.7 Å². The fourth-order valence-electron chi connectivity index (χ4n) is 4.62.